The van der Waals surface area contributed by atoms with Gasteiger partial charge in [-0.2, -0.15) is 0 Å². The lowest BCUT2D eigenvalue weighted by Crippen LogP contribution is -2.37. The molecule has 3 aliphatic rings. The Morgan fingerprint density at radius 3 is 2.54 bits per heavy atom. The van der Waals surface area contributed by atoms with Gasteiger partial charge in [0.1, 0.15) is 0 Å². The number of nitrogens with one attached hydrogen (secondary N) is 1. The Morgan fingerprint density at radius 1 is 1.04 bits per heavy atom. The van der Waals surface area contributed by atoms with Crippen molar-refractivity contribution in [3.8, 4) is 11.5 Å². The topological polar surface area (TPSA) is 70.6 Å². The minimum absolute atomic E-state index is 0.0154. The fraction of sp³-hybridized carbons (Fsp3) is 0.435. The standard InChI is InChI=1S/C23H25NO4/c1-27-17-8-4-6-15(22(17)28-2)21-19-13-10-9-12(11-13)18(19)14-5-3-7-16(23(25)26)20(14)24-21/h3-8,12-13,18-19,21,24H,9-11H2,1-2H3,(H,25,26)/p-1/t12-,13+,18+,19-,21+/m0/s1. The number of carbonyl (C=O) groups excluding carboxylic acids is 1. The van der Waals surface area contributed by atoms with Crippen LogP contribution in [0.5, 0.6) is 11.5 Å². The summed E-state index contributed by atoms with van der Waals surface area (Å²) in [6.45, 7) is 0. The van der Waals surface area contributed by atoms with Gasteiger partial charge < -0.3 is 24.7 Å². The van der Waals surface area contributed by atoms with E-state index in [2.05, 4.69) is 17.4 Å². The average molecular weight is 378 g/mol. The third-order valence-electron chi connectivity index (χ3n) is 7.11. The lowest BCUT2D eigenvalue weighted by Gasteiger charge is -2.44. The van der Waals surface area contributed by atoms with E-state index in [1.165, 1.54) is 19.3 Å². The molecule has 2 aliphatic carbocycles. The van der Waals surface area contributed by atoms with Crippen molar-refractivity contribution in [3.63, 3.8) is 0 Å². The summed E-state index contributed by atoms with van der Waals surface area (Å²) in [5.41, 5.74) is 3.12. The van der Waals surface area contributed by atoms with Crippen molar-refractivity contribution in [2.45, 2.75) is 31.2 Å². The normalized spacial score (nSPS) is 29.6. The van der Waals surface area contributed by atoms with Crippen molar-refractivity contribution in [1.82, 2.24) is 0 Å². The van der Waals surface area contributed by atoms with Crippen LogP contribution in [0.25, 0.3) is 0 Å². The number of methoxy groups -OCH3 is 2. The van der Waals surface area contributed by atoms with Crippen LogP contribution in [-0.2, 0) is 0 Å². The largest absolute Gasteiger partial charge is 0.545 e. The molecule has 0 amide bonds. The maximum Gasteiger partial charge on any atom is 0.165 e. The summed E-state index contributed by atoms with van der Waals surface area (Å²) in [4.78, 5) is 11.8. The van der Waals surface area contributed by atoms with Gasteiger partial charge in [0.05, 0.1) is 26.2 Å². The Bertz CT molecular complexity index is 940. The van der Waals surface area contributed by atoms with Gasteiger partial charge >= 0.3 is 0 Å². The minimum atomic E-state index is -1.14. The van der Waals surface area contributed by atoms with Crippen LogP contribution in [0.2, 0.25) is 0 Å². The first kappa shape index (κ1) is 17.4. The van der Waals surface area contributed by atoms with Gasteiger partial charge in [-0.25, -0.2) is 0 Å². The maximum absolute atomic E-state index is 11.8. The zero-order valence-corrected chi connectivity index (χ0v) is 16.1. The zero-order valence-electron chi connectivity index (χ0n) is 16.1. The van der Waals surface area contributed by atoms with Crippen molar-refractivity contribution in [1.29, 1.82) is 0 Å². The van der Waals surface area contributed by atoms with Gasteiger partial charge in [0.2, 0.25) is 0 Å². The fourth-order valence-electron chi connectivity index (χ4n) is 6.15. The van der Waals surface area contributed by atoms with Gasteiger partial charge in [-0.05, 0) is 54.6 Å². The SMILES string of the molecule is COc1cccc([C@H]2Nc3c(C(=O)[O-])cccc3[C@H]3[C@H]4CC[C@H](C4)[C@@H]32)c1OC. The minimum Gasteiger partial charge on any atom is -0.545 e. The van der Waals surface area contributed by atoms with Crippen molar-refractivity contribution in [2.24, 2.45) is 17.8 Å². The summed E-state index contributed by atoms with van der Waals surface area (Å²) < 4.78 is 11.2. The number of ether oxygens (including phenoxy) is 2. The quantitative estimate of drug-likeness (QED) is 0.883. The number of carbonyl (C=O) groups is 1. The first-order valence-corrected chi connectivity index (χ1v) is 9.95. The van der Waals surface area contributed by atoms with Crippen LogP contribution in [0.1, 0.15) is 52.7 Å². The highest BCUT2D eigenvalue weighted by molar-refractivity contribution is 5.94. The van der Waals surface area contributed by atoms with E-state index in [9.17, 15) is 9.90 Å². The number of hydrogen-bond acceptors (Lipinski definition) is 5. The number of anilines is 1. The molecule has 2 aromatic rings. The Labute approximate surface area is 164 Å². The summed E-state index contributed by atoms with van der Waals surface area (Å²) in [6.07, 6.45) is 3.68. The molecule has 0 saturated heterocycles. The molecule has 28 heavy (non-hydrogen) atoms. The highest BCUT2D eigenvalue weighted by Gasteiger charge is 2.54. The van der Waals surface area contributed by atoms with Gasteiger partial charge in [-0.3, -0.25) is 0 Å². The molecule has 2 saturated carbocycles. The second-order valence-corrected chi connectivity index (χ2v) is 8.20. The van der Waals surface area contributed by atoms with E-state index in [1.807, 2.05) is 18.2 Å². The molecule has 5 nitrogen and oxygen atoms in total. The van der Waals surface area contributed by atoms with Crippen LogP contribution in [0.15, 0.2) is 36.4 Å². The first-order chi connectivity index (χ1) is 13.6. The predicted molar refractivity (Wildman–Crippen MR) is 104 cm³/mol. The summed E-state index contributed by atoms with van der Waals surface area (Å²) >= 11 is 0. The Hall–Kier alpha value is -2.69. The Balaban J connectivity index is 1.70. The van der Waals surface area contributed by atoms with Gasteiger partial charge in [0.15, 0.2) is 11.5 Å². The monoisotopic (exact) mass is 378 g/mol. The molecule has 5 atom stereocenters. The van der Waals surface area contributed by atoms with Crippen molar-refractivity contribution in [3.05, 3.63) is 53.1 Å². The van der Waals surface area contributed by atoms with Crippen LogP contribution in [0.4, 0.5) is 5.69 Å². The number of fused-ring (bicyclic) bond motifs is 7. The number of hydrogen-bond donors (Lipinski definition) is 1. The molecule has 146 valence electrons. The van der Waals surface area contributed by atoms with Crippen LogP contribution < -0.4 is 19.9 Å². The number of benzene rings is 2. The fourth-order valence-corrected chi connectivity index (χ4v) is 6.15. The van der Waals surface area contributed by atoms with E-state index in [0.717, 1.165) is 16.9 Å². The molecule has 0 unspecified atom stereocenters. The highest BCUT2D eigenvalue weighted by atomic mass is 16.5. The van der Waals surface area contributed by atoms with Crippen molar-refractivity contribution < 1.29 is 19.4 Å². The molecule has 2 bridgehead atoms. The third kappa shape index (κ3) is 2.35. The van der Waals surface area contributed by atoms with Crippen molar-refractivity contribution in [2.75, 3.05) is 19.5 Å². The zero-order chi connectivity index (χ0) is 19.4. The van der Waals surface area contributed by atoms with Gasteiger partial charge in [0, 0.05) is 16.8 Å². The number of aromatic carboxylic acids is 1. The van der Waals surface area contributed by atoms with Gasteiger partial charge in [-0.1, -0.05) is 30.3 Å². The van der Waals surface area contributed by atoms with Gasteiger partial charge in [0.25, 0.3) is 0 Å². The molecule has 0 aromatic heterocycles. The van der Waals surface area contributed by atoms with E-state index < -0.39 is 5.97 Å². The molecule has 2 aromatic carbocycles. The van der Waals surface area contributed by atoms with Crippen LogP contribution in [-0.4, -0.2) is 20.2 Å². The molecule has 0 spiro atoms. The smallest absolute Gasteiger partial charge is 0.165 e. The molecule has 0 radical (unpaired) electrons. The average Bonchev–Trinajstić information content (AvgIpc) is 3.34. The molecule has 2 fully saturated rings. The van der Waals surface area contributed by atoms with Gasteiger partial charge in [-0.15, -0.1) is 0 Å². The number of para-hydroxylation sites is 2. The first-order valence-electron chi connectivity index (χ1n) is 9.95. The molecular formula is C23H24NO4-. The van der Waals surface area contributed by atoms with E-state index in [-0.39, 0.29) is 11.6 Å². The highest BCUT2D eigenvalue weighted by Crippen LogP contribution is 2.64. The molecule has 1 heterocycles. The summed E-state index contributed by atoms with van der Waals surface area (Å²) in [6, 6.07) is 11.5. The lowest BCUT2D eigenvalue weighted by molar-refractivity contribution is -0.254. The molecule has 1 N–H and O–H groups in total. The van der Waals surface area contributed by atoms with E-state index in [0.29, 0.717) is 35.1 Å². The molecule has 1 aliphatic heterocycles. The third-order valence-corrected chi connectivity index (χ3v) is 7.11. The summed E-state index contributed by atoms with van der Waals surface area (Å²) in [7, 11) is 3.29. The van der Waals surface area contributed by atoms with Crippen LogP contribution >= 0.6 is 0 Å². The van der Waals surface area contributed by atoms with Crippen molar-refractivity contribution >= 4 is 11.7 Å². The van der Waals surface area contributed by atoms with E-state index in [1.54, 1.807) is 20.3 Å². The Morgan fingerprint density at radius 2 is 1.79 bits per heavy atom. The summed E-state index contributed by atoms with van der Waals surface area (Å²) in [5, 5.41) is 15.4. The second kappa shape index (κ2) is 6.43. The number of carboxylic acids is 1. The Kier molecular flexibility index (Phi) is 4.00. The number of rotatable bonds is 4. The van der Waals surface area contributed by atoms with Crippen LogP contribution in [0.3, 0.4) is 0 Å². The van der Waals surface area contributed by atoms with E-state index >= 15 is 0 Å². The van der Waals surface area contributed by atoms with E-state index in [4.69, 9.17) is 9.47 Å². The molecule has 5 heteroatoms. The summed E-state index contributed by atoms with van der Waals surface area (Å²) in [5.74, 6) is 2.33. The second-order valence-electron chi connectivity index (χ2n) is 8.20. The molecular weight excluding hydrogens is 354 g/mol. The lowest BCUT2D eigenvalue weighted by atomic mass is 9.67. The molecule has 5 rings (SSSR count). The maximum atomic E-state index is 11.8. The number of carboxylic acid groups (broad SMARTS) is 1. The predicted octanol–water partition coefficient (Wildman–Crippen LogP) is 3.36. The van der Waals surface area contributed by atoms with Crippen LogP contribution in [0, 0.1) is 17.8 Å².